The molecule has 1 fully saturated rings. The van der Waals surface area contributed by atoms with Crippen molar-refractivity contribution in [2.24, 2.45) is 5.41 Å². The zero-order chi connectivity index (χ0) is 21.3. The third-order valence-electron chi connectivity index (χ3n) is 6.93. The van der Waals surface area contributed by atoms with Crippen molar-refractivity contribution >= 4 is 19.1 Å². The van der Waals surface area contributed by atoms with Gasteiger partial charge in [-0.2, -0.15) is 5.10 Å². The van der Waals surface area contributed by atoms with Gasteiger partial charge in [0.15, 0.2) is 5.82 Å². The first-order valence-corrected chi connectivity index (χ1v) is 15.0. The van der Waals surface area contributed by atoms with Crippen molar-refractivity contribution < 1.29 is 4.74 Å². The number of H-pyrrole nitrogens is 1. The Bertz CT molecular complexity index is 1110. The summed E-state index contributed by atoms with van der Waals surface area (Å²) in [5.74, 6) is 1.52. The Balaban J connectivity index is 1.51. The fraction of sp³-hybridized carbons (Fsp3) is 0.583. The Morgan fingerprint density at radius 2 is 2.00 bits per heavy atom. The van der Waals surface area contributed by atoms with Gasteiger partial charge < -0.3 is 9.72 Å². The van der Waals surface area contributed by atoms with Crippen LogP contribution in [0.2, 0.25) is 25.7 Å². The minimum atomic E-state index is -1.09. The van der Waals surface area contributed by atoms with E-state index in [1.54, 1.807) is 0 Å². The SMILES string of the molecule is Cc1cc(C)c2nc(-c3nn(COCC[Si](C)(C)C)c4c3C3CC(C)(C4)C3)[nH]c2c1. The highest BCUT2D eigenvalue weighted by atomic mass is 28.3. The molecule has 6 rings (SSSR count). The number of fused-ring (bicyclic) bond motifs is 1. The lowest BCUT2D eigenvalue weighted by Crippen LogP contribution is -2.40. The second-order valence-corrected chi connectivity index (χ2v) is 16.8. The van der Waals surface area contributed by atoms with Crippen LogP contribution in [0.4, 0.5) is 0 Å². The molecule has 30 heavy (non-hydrogen) atoms. The molecule has 0 spiro atoms. The Kier molecular flexibility index (Phi) is 4.53. The Hall–Kier alpha value is -1.92. The molecular weight excluding hydrogens is 388 g/mol. The van der Waals surface area contributed by atoms with Crippen LogP contribution < -0.4 is 0 Å². The molecule has 3 aliphatic carbocycles. The van der Waals surface area contributed by atoms with Gasteiger partial charge in [-0.05, 0) is 67.7 Å². The number of ether oxygens (including phenoxy) is 1. The number of nitrogens with zero attached hydrogens (tertiary/aromatic N) is 3. The topological polar surface area (TPSA) is 55.7 Å². The van der Waals surface area contributed by atoms with Crippen LogP contribution in [0, 0.1) is 19.3 Å². The number of aromatic amines is 1. The van der Waals surface area contributed by atoms with Gasteiger partial charge in [-0.15, -0.1) is 0 Å². The molecule has 0 atom stereocenters. The third-order valence-corrected chi connectivity index (χ3v) is 8.64. The molecule has 1 N–H and O–H groups in total. The van der Waals surface area contributed by atoms with Crippen LogP contribution in [0.5, 0.6) is 0 Å². The molecule has 3 aliphatic rings. The molecule has 6 heteroatoms. The van der Waals surface area contributed by atoms with E-state index in [0.717, 1.165) is 35.6 Å². The molecule has 2 bridgehead atoms. The van der Waals surface area contributed by atoms with Gasteiger partial charge in [0.2, 0.25) is 0 Å². The molecule has 0 saturated heterocycles. The lowest BCUT2D eigenvalue weighted by Gasteiger charge is -2.50. The van der Waals surface area contributed by atoms with E-state index in [1.165, 1.54) is 41.3 Å². The summed E-state index contributed by atoms with van der Waals surface area (Å²) in [6, 6.07) is 5.57. The van der Waals surface area contributed by atoms with E-state index < -0.39 is 8.07 Å². The Labute approximate surface area is 180 Å². The number of nitrogens with one attached hydrogen (secondary N) is 1. The molecule has 0 aliphatic heterocycles. The molecule has 2 aromatic heterocycles. The molecule has 0 amide bonds. The number of aromatic nitrogens is 4. The lowest BCUT2D eigenvalue weighted by atomic mass is 9.54. The number of aryl methyl sites for hydroxylation is 2. The van der Waals surface area contributed by atoms with E-state index in [9.17, 15) is 0 Å². The predicted octanol–water partition coefficient (Wildman–Crippen LogP) is 5.80. The van der Waals surface area contributed by atoms with Crippen molar-refractivity contribution in [2.75, 3.05) is 6.61 Å². The van der Waals surface area contributed by atoms with Crippen LogP contribution in [0.3, 0.4) is 0 Å². The van der Waals surface area contributed by atoms with Gasteiger partial charge in [0, 0.05) is 25.9 Å². The predicted molar refractivity (Wildman–Crippen MR) is 125 cm³/mol. The fourth-order valence-electron chi connectivity index (χ4n) is 5.40. The van der Waals surface area contributed by atoms with Crippen LogP contribution in [0.15, 0.2) is 12.1 Å². The van der Waals surface area contributed by atoms with Crippen molar-refractivity contribution in [1.29, 1.82) is 0 Å². The Morgan fingerprint density at radius 3 is 2.73 bits per heavy atom. The minimum Gasteiger partial charge on any atom is -0.360 e. The van der Waals surface area contributed by atoms with Crippen LogP contribution in [0.1, 0.15) is 48.1 Å². The van der Waals surface area contributed by atoms with Gasteiger partial charge >= 0.3 is 0 Å². The number of imidazole rings is 1. The van der Waals surface area contributed by atoms with E-state index in [-0.39, 0.29) is 0 Å². The summed E-state index contributed by atoms with van der Waals surface area (Å²) in [5, 5.41) is 5.06. The van der Waals surface area contributed by atoms with E-state index in [2.05, 4.69) is 62.2 Å². The number of hydrogen-bond acceptors (Lipinski definition) is 3. The first kappa shape index (κ1) is 20.0. The third kappa shape index (κ3) is 3.44. The van der Waals surface area contributed by atoms with E-state index in [1.807, 2.05) is 0 Å². The minimum absolute atomic E-state index is 0.437. The molecule has 3 aromatic rings. The summed E-state index contributed by atoms with van der Waals surface area (Å²) >= 11 is 0. The van der Waals surface area contributed by atoms with E-state index >= 15 is 0 Å². The first-order chi connectivity index (χ1) is 14.1. The summed E-state index contributed by atoms with van der Waals surface area (Å²) in [6.07, 6.45) is 3.64. The van der Waals surface area contributed by atoms with Crippen molar-refractivity contribution in [2.45, 2.75) is 78.4 Å². The van der Waals surface area contributed by atoms with Crippen molar-refractivity contribution in [3.05, 3.63) is 34.5 Å². The second-order valence-electron chi connectivity index (χ2n) is 11.2. The molecule has 2 heterocycles. The van der Waals surface area contributed by atoms with Gasteiger partial charge in [0.1, 0.15) is 12.4 Å². The van der Waals surface area contributed by atoms with Gasteiger partial charge in [-0.3, -0.25) is 0 Å². The summed E-state index contributed by atoms with van der Waals surface area (Å²) in [5.41, 5.74) is 8.90. The summed E-state index contributed by atoms with van der Waals surface area (Å²) in [4.78, 5) is 8.55. The van der Waals surface area contributed by atoms with Crippen LogP contribution in [0.25, 0.3) is 22.6 Å². The monoisotopic (exact) mass is 422 g/mol. The van der Waals surface area contributed by atoms with E-state index in [4.69, 9.17) is 14.8 Å². The summed E-state index contributed by atoms with van der Waals surface area (Å²) in [7, 11) is -1.09. The van der Waals surface area contributed by atoms with Crippen LogP contribution in [-0.2, 0) is 17.9 Å². The zero-order valence-corrected chi connectivity index (χ0v) is 20.2. The standard InChI is InChI=1S/C24H34N4OSi/c1-15-9-16(2)21-18(10-15)25-23(26-21)22-20-17-11-24(3,12-17)13-19(20)28(27-22)14-29-7-8-30(4,5)6/h9-10,17H,7-8,11-14H2,1-6H3,(H,25,26). The highest BCUT2D eigenvalue weighted by Crippen LogP contribution is 2.59. The number of hydrogen-bond donors (Lipinski definition) is 1. The summed E-state index contributed by atoms with van der Waals surface area (Å²) < 4.78 is 8.22. The second kappa shape index (κ2) is 6.79. The van der Waals surface area contributed by atoms with Gasteiger partial charge in [0.25, 0.3) is 0 Å². The number of rotatable bonds is 6. The quantitative estimate of drug-likeness (QED) is 0.404. The summed E-state index contributed by atoms with van der Waals surface area (Å²) in [6.45, 7) is 15.2. The van der Waals surface area contributed by atoms with Gasteiger partial charge in [-0.25, -0.2) is 9.67 Å². The zero-order valence-electron chi connectivity index (χ0n) is 19.2. The van der Waals surface area contributed by atoms with Crippen molar-refractivity contribution in [3.8, 4) is 11.5 Å². The lowest BCUT2D eigenvalue weighted by molar-refractivity contribution is 0.0639. The fourth-order valence-corrected chi connectivity index (χ4v) is 6.16. The first-order valence-electron chi connectivity index (χ1n) is 11.3. The molecule has 0 unspecified atom stereocenters. The van der Waals surface area contributed by atoms with Crippen LogP contribution >= 0.6 is 0 Å². The van der Waals surface area contributed by atoms with E-state index in [0.29, 0.717) is 18.1 Å². The average Bonchev–Trinajstić information content (AvgIpc) is 3.18. The molecule has 5 nitrogen and oxygen atoms in total. The van der Waals surface area contributed by atoms with Crippen LogP contribution in [-0.4, -0.2) is 34.4 Å². The Morgan fingerprint density at radius 1 is 1.23 bits per heavy atom. The maximum absolute atomic E-state index is 6.09. The molecule has 160 valence electrons. The molecule has 1 aromatic carbocycles. The molecular formula is C24H34N4OSi. The number of benzene rings is 1. The molecule has 1 saturated carbocycles. The smallest absolute Gasteiger partial charge is 0.159 e. The largest absolute Gasteiger partial charge is 0.360 e. The van der Waals surface area contributed by atoms with Crippen molar-refractivity contribution in [1.82, 2.24) is 19.7 Å². The highest BCUT2D eigenvalue weighted by Gasteiger charge is 2.49. The van der Waals surface area contributed by atoms with Gasteiger partial charge in [0.05, 0.1) is 11.0 Å². The normalized spacial score (nSPS) is 22.9. The maximum Gasteiger partial charge on any atom is 0.159 e. The van der Waals surface area contributed by atoms with Crippen molar-refractivity contribution in [3.63, 3.8) is 0 Å². The maximum atomic E-state index is 6.09. The average molecular weight is 423 g/mol. The van der Waals surface area contributed by atoms with Gasteiger partial charge in [-0.1, -0.05) is 32.6 Å². The highest BCUT2D eigenvalue weighted by molar-refractivity contribution is 6.76. The molecule has 0 radical (unpaired) electrons.